The standard InChI is InChI=1S/C22H21N3OS/c1-22(2)17-11-7-8-12-18(17)25(3)20(22)13-19(26)16(14-23)21(27)24-15-9-5-4-6-10-15/h4-13,26H,1-3H3,(H,24,27)/b19-16-,20-13?. The SMILES string of the molecule is CN1C(=C/C(O)=C(\C#N)C(=S)Nc2ccccc2)C(C)(C)c2ccccc21. The van der Waals surface area contributed by atoms with Gasteiger partial charge in [0.2, 0.25) is 0 Å². The molecule has 1 aliphatic heterocycles. The van der Waals surface area contributed by atoms with Crippen molar-refractivity contribution in [1.82, 2.24) is 0 Å². The van der Waals surface area contributed by atoms with Gasteiger partial charge in [0.05, 0.1) is 0 Å². The van der Waals surface area contributed by atoms with Gasteiger partial charge in [-0.15, -0.1) is 0 Å². The molecule has 0 aromatic heterocycles. The zero-order valence-electron chi connectivity index (χ0n) is 15.5. The molecule has 0 amide bonds. The normalized spacial score (nSPS) is 17.1. The van der Waals surface area contributed by atoms with Crippen LogP contribution in [0.2, 0.25) is 0 Å². The molecule has 0 saturated heterocycles. The molecule has 0 radical (unpaired) electrons. The maximum atomic E-state index is 10.7. The van der Waals surface area contributed by atoms with Gasteiger partial charge in [-0.25, -0.2) is 0 Å². The predicted octanol–water partition coefficient (Wildman–Crippen LogP) is 5.07. The van der Waals surface area contributed by atoms with E-state index in [2.05, 4.69) is 25.2 Å². The van der Waals surface area contributed by atoms with Crippen molar-refractivity contribution < 1.29 is 5.11 Å². The highest BCUT2D eigenvalue weighted by Gasteiger charge is 2.38. The summed E-state index contributed by atoms with van der Waals surface area (Å²) < 4.78 is 0. The van der Waals surface area contributed by atoms with E-state index in [-0.39, 0.29) is 21.7 Å². The van der Waals surface area contributed by atoms with Crippen LogP contribution in [0.1, 0.15) is 19.4 Å². The number of nitriles is 1. The molecule has 0 atom stereocenters. The molecule has 136 valence electrons. The number of likely N-dealkylation sites (N-methyl/N-ethyl adjacent to an activating group) is 1. The molecule has 5 heteroatoms. The smallest absolute Gasteiger partial charge is 0.138 e. The maximum Gasteiger partial charge on any atom is 0.138 e. The van der Waals surface area contributed by atoms with Crippen LogP contribution >= 0.6 is 12.2 Å². The van der Waals surface area contributed by atoms with Crippen molar-refractivity contribution in [3.05, 3.63) is 83.3 Å². The molecular formula is C22H21N3OS. The average molecular weight is 375 g/mol. The number of benzene rings is 2. The number of hydrogen-bond acceptors (Lipinski definition) is 4. The third-order valence-electron chi connectivity index (χ3n) is 4.84. The molecule has 4 nitrogen and oxygen atoms in total. The lowest BCUT2D eigenvalue weighted by Gasteiger charge is -2.24. The number of nitrogens with one attached hydrogen (secondary N) is 1. The largest absolute Gasteiger partial charge is 0.506 e. The Morgan fingerprint density at radius 1 is 1.15 bits per heavy atom. The molecule has 2 aromatic carbocycles. The van der Waals surface area contributed by atoms with E-state index in [1.165, 1.54) is 5.56 Å². The fourth-order valence-electron chi connectivity index (χ4n) is 3.40. The van der Waals surface area contributed by atoms with Crippen LogP contribution in [0.25, 0.3) is 0 Å². The Balaban J connectivity index is 1.97. The van der Waals surface area contributed by atoms with Gasteiger partial charge in [0, 0.05) is 35.6 Å². The van der Waals surface area contributed by atoms with Crippen LogP contribution in [0, 0.1) is 11.3 Å². The summed E-state index contributed by atoms with van der Waals surface area (Å²) >= 11 is 5.34. The highest BCUT2D eigenvalue weighted by atomic mass is 32.1. The average Bonchev–Trinajstić information content (AvgIpc) is 2.84. The summed E-state index contributed by atoms with van der Waals surface area (Å²) in [5.41, 5.74) is 3.67. The minimum atomic E-state index is -0.297. The summed E-state index contributed by atoms with van der Waals surface area (Å²) in [5.74, 6) is -0.145. The van der Waals surface area contributed by atoms with Crippen LogP contribution in [-0.4, -0.2) is 17.1 Å². The molecule has 2 N–H and O–H groups in total. The van der Waals surface area contributed by atoms with Crippen molar-refractivity contribution in [3.63, 3.8) is 0 Å². The van der Waals surface area contributed by atoms with Crippen LogP contribution < -0.4 is 10.2 Å². The number of hydrogen-bond donors (Lipinski definition) is 2. The molecule has 0 unspecified atom stereocenters. The number of allylic oxidation sites excluding steroid dienone is 2. The van der Waals surface area contributed by atoms with Gasteiger partial charge in [0.25, 0.3) is 0 Å². The Morgan fingerprint density at radius 3 is 2.41 bits per heavy atom. The number of aliphatic hydroxyl groups excluding tert-OH is 1. The van der Waals surface area contributed by atoms with Crippen LogP contribution in [0.4, 0.5) is 11.4 Å². The molecule has 0 fully saturated rings. The first-order chi connectivity index (χ1) is 12.9. The van der Waals surface area contributed by atoms with E-state index < -0.39 is 0 Å². The number of nitrogens with zero attached hydrogens (tertiary/aromatic N) is 2. The number of rotatable bonds is 3. The molecule has 0 aliphatic carbocycles. The summed E-state index contributed by atoms with van der Waals surface area (Å²) in [6, 6.07) is 19.5. The van der Waals surface area contributed by atoms with Gasteiger partial charge in [-0.3, -0.25) is 0 Å². The van der Waals surface area contributed by atoms with Crippen molar-refractivity contribution in [2.45, 2.75) is 19.3 Å². The van der Waals surface area contributed by atoms with Gasteiger partial charge in [0.1, 0.15) is 22.4 Å². The quantitative estimate of drug-likeness (QED) is 0.339. The minimum absolute atomic E-state index is 0.0431. The number of fused-ring (bicyclic) bond motifs is 1. The lowest BCUT2D eigenvalue weighted by atomic mass is 9.83. The second kappa shape index (κ2) is 7.26. The molecule has 1 aliphatic rings. The lowest BCUT2D eigenvalue weighted by molar-refractivity contribution is 0.427. The van der Waals surface area contributed by atoms with Crippen molar-refractivity contribution in [3.8, 4) is 6.07 Å². The predicted molar refractivity (Wildman–Crippen MR) is 114 cm³/mol. The number of anilines is 2. The minimum Gasteiger partial charge on any atom is -0.506 e. The van der Waals surface area contributed by atoms with Crippen molar-refractivity contribution in [1.29, 1.82) is 5.26 Å². The fraction of sp³-hybridized carbons (Fsp3) is 0.182. The maximum absolute atomic E-state index is 10.7. The van der Waals surface area contributed by atoms with Gasteiger partial charge in [-0.2, -0.15) is 5.26 Å². The zero-order valence-corrected chi connectivity index (χ0v) is 16.3. The summed E-state index contributed by atoms with van der Waals surface area (Å²) in [6.07, 6.45) is 1.64. The number of para-hydroxylation sites is 2. The van der Waals surface area contributed by atoms with E-state index in [9.17, 15) is 10.4 Å². The van der Waals surface area contributed by atoms with Crippen LogP contribution in [0.15, 0.2) is 77.7 Å². The highest BCUT2D eigenvalue weighted by molar-refractivity contribution is 7.81. The molecule has 27 heavy (non-hydrogen) atoms. The lowest BCUT2D eigenvalue weighted by Crippen LogP contribution is -2.23. The molecule has 3 rings (SSSR count). The van der Waals surface area contributed by atoms with Gasteiger partial charge in [-0.05, 0) is 23.8 Å². The van der Waals surface area contributed by atoms with Crippen LogP contribution in [-0.2, 0) is 5.41 Å². The Morgan fingerprint density at radius 2 is 1.78 bits per heavy atom. The highest BCUT2D eigenvalue weighted by Crippen LogP contribution is 2.46. The van der Waals surface area contributed by atoms with Crippen molar-refractivity contribution in [2.75, 3.05) is 17.3 Å². The third kappa shape index (κ3) is 3.44. The van der Waals surface area contributed by atoms with Gasteiger partial charge >= 0.3 is 0 Å². The van der Waals surface area contributed by atoms with Crippen molar-refractivity contribution in [2.24, 2.45) is 0 Å². The van der Waals surface area contributed by atoms with Gasteiger partial charge in [-0.1, -0.05) is 62.5 Å². The number of thiocarbonyl (C=S) groups is 1. The van der Waals surface area contributed by atoms with E-state index in [1.807, 2.05) is 66.5 Å². The Kier molecular flexibility index (Phi) is 5.02. The Labute approximate surface area is 165 Å². The van der Waals surface area contributed by atoms with E-state index in [0.717, 1.165) is 17.1 Å². The van der Waals surface area contributed by atoms with Gasteiger partial charge < -0.3 is 15.3 Å². The second-order valence-corrected chi connectivity index (χ2v) is 7.33. The van der Waals surface area contributed by atoms with Gasteiger partial charge in [0.15, 0.2) is 0 Å². The summed E-state index contributed by atoms with van der Waals surface area (Å²) in [4.78, 5) is 2.22. The first-order valence-corrected chi connectivity index (χ1v) is 9.02. The van der Waals surface area contributed by atoms with Crippen molar-refractivity contribution >= 4 is 28.6 Å². The van der Waals surface area contributed by atoms with Crippen LogP contribution in [0.3, 0.4) is 0 Å². The fourth-order valence-corrected chi connectivity index (χ4v) is 3.67. The van der Waals surface area contributed by atoms with E-state index in [1.54, 1.807) is 6.08 Å². The summed E-state index contributed by atoms with van der Waals surface area (Å²) in [7, 11) is 1.96. The summed E-state index contributed by atoms with van der Waals surface area (Å²) in [6.45, 7) is 4.20. The second-order valence-electron chi connectivity index (χ2n) is 6.92. The molecule has 0 bridgehead atoms. The topological polar surface area (TPSA) is 59.3 Å². The molecule has 0 saturated carbocycles. The molecule has 0 spiro atoms. The first-order valence-electron chi connectivity index (χ1n) is 8.61. The molecule has 1 heterocycles. The van der Waals surface area contributed by atoms with E-state index in [0.29, 0.717) is 0 Å². The Bertz CT molecular complexity index is 984. The number of aliphatic hydroxyl groups is 1. The van der Waals surface area contributed by atoms with E-state index >= 15 is 0 Å². The monoisotopic (exact) mass is 375 g/mol. The third-order valence-corrected chi connectivity index (χ3v) is 5.15. The van der Waals surface area contributed by atoms with Crippen LogP contribution in [0.5, 0.6) is 0 Å². The Hall–Kier alpha value is -3.10. The summed E-state index contributed by atoms with van der Waals surface area (Å²) in [5, 5.41) is 23.2. The van der Waals surface area contributed by atoms with E-state index in [4.69, 9.17) is 12.2 Å². The zero-order chi connectivity index (χ0) is 19.6. The first kappa shape index (κ1) is 18.7. The molecular weight excluding hydrogens is 354 g/mol. The molecule has 2 aromatic rings.